The lowest BCUT2D eigenvalue weighted by molar-refractivity contribution is -0.126. The molecule has 1 aromatic heterocycles. The molecule has 1 aliphatic carbocycles. The third kappa shape index (κ3) is 6.86. The van der Waals surface area contributed by atoms with E-state index in [-0.39, 0.29) is 37.2 Å². The van der Waals surface area contributed by atoms with Crippen LogP contribution in [0.25, 0.3) is 0 Å². The van der Waals surface area contributed by atoms with Gasteiger partial charge in [0.25, 0.3) is 0 Å². The summed E-state index contributed by atoms with van der Waals surface area (Å²) in [6.45, 7) is 3.43. The van der Waals surface area contributed by atoms with Gasteiger partial charge >= 0.3 is 6.09 Å². The van der Waals surface area contributed by atoms with Crippen LogP contribution in [-0.2, 0) is 24.3 Å². The van der Waals surface area contributed by atoms with Crippen LogP contribution < -0.4 is 9.64 Å². The van der Waals surface area contributed by atoms with E-state index in [1.807, 2.05) is 6.92 Å². The first-order valence-electron chi connectivity index (χ1n) is 12.4. The second-order valence-electron chi connectivity index (χ2n) is 10.2. The summed E-state index contributed by atoms with van der Waals surface area (Å²) in [6.07, 6.45) is 6.07. The third-order valence-electron chi connectivity index (χ3n) is 6.90. The van der Waals surface area contributed by atoms with Gasteiger partial charge in [0.1, 0.15) is 11.4 Å². The van der Waals surface area contributed by atoms with Crippen LogP contribution >= 0.6 is 0 Å². The molecular weight excluding hydrogens is 504 g/mol. The van der Waals surface area contributed by atoms with Gasteiger partial charge in [-0.2, -0.15) is 4.31 Å². The molecule has 3 fully saturated rings. The summed E-state index contributed by atoms with van der Waals surface area (Å²) in [4.78, 5) is 49.5. The standard InChI is InChI=1S/C23H34N6O7S/c1-23(6-7-23)36-22(32)27-8-4-17(5-9-27)15-35-19-13-24-18(12-25-19)29-11-10-28(14-20(29)30)37(33,34)16-21(31)26(2)3/h12-13,17H,4-11,14-16H2,1-3H3. The number of likely N-dealkylation sites (tertiary alicyclic amines) is 1. The molecule has 0 bridgehead atoms. The highest BCUT2D eigenvalue weighted by Gasteiger charge is 2.43. The zero-order valence-corrected chi connectivity index (χ0v) is 22.3. The van der Waals surface area contributed by atoms with Crippen molar-refractivity contribution < 1.29 is 32.3 Å². The van der Waals surface area contributed by atoms with Crippen LogP contribution in [0.2, 0.25) is 0 Å². The van der Waals surface area contributed by atoms with Crippen molar-refractivity contribution in [3.63, 3.8) is 0 Å². The first-order chi connectivity index (χ1) is 17.5. The Kier molecular flexibility index (Phi) is 7.88. The molecule has 0 aromatic carbocycles. The van der Waals surface area contributed by atoms with Crippen molar-refractivity contribution in [1.82, 2.24) is 24.1 Å². The molecule has 13 nitrogen and oxygen atoms in total. The molecule has 0 radical (unpaired) electrons. The fourth-order valence-corrected chi connectivity index (χ4v) is 5.49. The van der Waals surface area contributed by atoms with Crippen molar-refractivity contribution in [3.05, 3.63) is 12.4 Å². The summed E-state index contributed by atoms with van der Waals surface area (Å²) < 4.78 is 37.3. The first kappa shape index (κ1) is 27.0. The molecule has 14 heteroatoms. The van der Waals surface area contributed by atoms with Crippen molar-refractivity contribution in [2.75, 3.05) is 64.1 Å². The number of aromatic nitrogens is 2. The Morgan fingerprint density at radius 1 is 1.11 bits per heavy atom. The van der Waals surface area contributed by atoms with Crippen LogP contribution in [0, 0.1) is 5.92 Å². The number of anilines is 1. The monoisotopic (exact) mass is 538 g/mol. The summed E-state index contributed by atoms with van der Waals surface area (Å²) in [6, 6.07) is 0. The molecule has 1 saturated carbocycles. The predicted octanol–water partition coefficient (Wildman–Crippen LogP) is 0.323. The molecule has 3 amide bonds. The van der Waals surface area contributed by atoms with Crippen molar-refractivity contribution in [2.45, 2.75) is 38.2 Å². The maximum atomic E-state index is 12.6. The quantitative estimate of drug-likeness (QED) is 0.457. The van der Waals surface area contributed by atoms with Gasteiger partial charge in [0.15, 0.2) is 5.82 Å². The lowest BCUT2D eigenvalue weighted by Crippen LogP contribution is -2.54. The van der Waals surface area contributed by atoms with E-state index in [0.29, 0.717) is 31.4 Å². The Hall–Kier alpha value is -3.00. The van der Waals surface area contributed by atoms with E-state index in [4.69, 9.17) is 9.47 Å². The highest BCUT2D eigenvalue weighted by atomic mass is 32.2. The Labute approximate surface area is 216 Å². The van der Waals surface area contributed by atoms with Crippen LogP contribution in [-0.4, -0.2) is 115 Å². The van der Waals surface area contributed by atoms with Gasteiger partial charge in [-0.15, -0.1) is 0 Å². The van der Waals surface area contributed by atoms with Crippen LogP contribution in [0.15, 0.2) is 12.4 Å². The summed E-state index contributed by atoms with van der Waals surface area (Å²) >= 11 is 0. The number of piperidine rings is 1. The fraction of sp³-hybridized carbons (Fsp3) is 0.696. The topological polar surface area (TPSA) is 143 Å². The first-order valence-corrected chi connectivity index (χ1v) is 14.0. The number of sulfonamides is 1. The van der Waals surface area contributed by atoms with Gasteiger partial charge < -0.3 is 19.3 Å². The summed E-state index contributed by atoms with van der Waals surface area (Å²) in [7, 11) is -0.942. The third-order valence-corrected chi connectivity index (χ3v) is 8.61. The van der Waals surface area contributed by atoms with Gasteiger partial charge in [-0.25, -0.2) is 23.2 Å². The lowest BCUT2D eigenvalue weighted by Gasteiger charge is -2.33. The maximum absolute atomic E-state index is 12.6. The summed E-state index contributed by atoms with van der Waals surface area (Å²) in [5.41, 5.74) is -0.274. The van der Waals surface area contributed by atoms with Crippen molar-refractivity contribution in [1.29, 1.82) is 0 Å². The number of piperazine rings is 1. The molecule has 0 spiro atoms. The van der Waals surface area contributed by atoms with Gasteiger partial charge in [-0.05, 0) is 38.5 Å². The second-order valence-corrected chi connectivity index (χ2v) is 12.2. The van der Waals surface area contributed by atoms with Crippen molar-refractivity contribution in [2.24, 2.45) is 5.92 Å². The van der Waals surface area contributed by atoms with E-state index in [9.17, 15) is 22.8 Å². The number of carbonyl (C=O) groups is 3. The molecule has 2 saturated heterocycles. The van der Waals surface area contributed by atoms with Crippen LogP contribution in [0.1, 0.15) is 32.6 Å². The van der Waals surface area contributed by atoms with Gasteiger partial charge in [-0.1, -0.05) is 0 Å². The van der Waals surface area contributed by atoms with E-state index in [1.54, 1.807) is 4.90 Å². The van der Waals surface area contributed by atoms with Crippen LogP contribution in [0.4, 0.5) is 10.6 Å². The zero-order valence-electron chi connectivity index (χ0n) is 21.5. The highest BCUT2D eigenvalue weighted by Crippen LogP contribution is 2.39. The van der Waals surface area contributed by atoms with E-state index in [2.05, 4.69) is 9.97 Å². The zero-order chi connectivity index (χ0) is 26.8. The van der Waals surface area contributed by atoms with E-state index in [0.717, 1.165) is 30.0 Å². The molecule has 3 aliphatic rings. The molecule has 1 aromatic rings. The predicted molar refractivity (Wildman–Crippen MR) is 132 cm³/mol. The molecule has 37 heavy (non-hydrogen) atoms. The van der Waals surface area contributed by atoms with E-state index >= 15 is 0 Å². The largest absolute Gasteiger partial charge is 0.476 e. The number of ether oxygens (including phenoxy) is 2. The molecule has 0 atom stereocenters. The molecule has 3 heterocycles. The molecule has 204 valence electrons. The molecule has 0 unspecified atom stereocenters. The van der Waals surface area contributed by atoms with Gasteiger partial charge in [0.2, 0.25) is 27.7 Å². The number of hydrogen-bond donors (Lipinski definition) is 0. The second kappa shape index (κ2) is 10.8. The highest BCUT2D eigenvalue weighted by molar-refractivity contribution is 7.89. The van der Waals surface area contributed by atoms with Crippen LogP contribution in [0.3, 0.4) is 0 Å². The lowest BCUT2D eigenvalue weighted by atomic mass is 9.98. The Morgan fingerprint density at radius 3 is 2.38 bits per heavy atom. The molecule has 2 aliphatic heterocycles. The summed E-state index contributed by atoms with van der Waals surface area (Å²) in [5.74, 6) is -0.777. The van der Waals surface area contributed by atoms with Gasteiger partial charge in [0.05, 0.1) is 25.5 Å². The number of nitrogens with zero attached hydrogens (tertiary/aromatic N) is 6. The van der Waals surface area contributed by atoms with E-state index in [1.165, 1.54) is 36.3 Å². The Balaban J connectivity index is 1.22. The van der Waals surface area contributed by atoms with E-state index < -0.39 is 27.6 Å². The minimum Gasteiger partial charge on any atom is -0.476 e. The fourth-order valence-electron chi connectivity index (χ4n) is 4.07. The smallest absolute Gasteiger partial charge is 0.410 e. The SMILES string of the molecule is CN(C)C(=O)CS(=O)(=O)N1CCN(c2cnc(OCC3CCN(C(=O)OC4(C)CC4)CC3)cn2)C(=O)C1. The minimum absolute atomic E-state index is 0.0557. The average Bonchev–Trinajstić information content (AvgIpc) is 3.59. The van der Waals surface area contributed by atoms with Crippen molar-refractivity contribution >= 4 is 33.7 Å². The maximum Gasteiger partial charge on any atom is 0.410 e. The normalized spacial score (nSPS) is 20.5. The minimum atomic E-state index is -3.89. The number of hydrogen-bond acceptors (Lipinski definition) is 9. The van der Waals surface area contributed by atoms with Crippen LogP contribution in [0.5, 0.6) is 5.88 Å². The Morgan fingerprint density at radius 2 is 1.81 bits per heavy atom. The molecule has 4 rings (SSSR count). The average molecular weight is 539 g/mol. The van der Waals surface area contributed by atoms with Gasteiger partial charge in [-0.3, -0.25) is 14.5 Å². The van der Waals surface area contributed by atoms with Gasteiger partial charge in [0, 0.05) is 40.3 Å². The van der Waals surface area contributed by atoms with Crippen molar-refractivity contribution in [3.8, 4) is 5.88 Å². The molecule has 0 N–H and O–H groups in total. The number of rotatable bonds is 8. The number of carbonyl (C=O) groups excluding carboxylic acids is 3. The molecular formula is C23H34N6O7S. The Bertz CT molecular complexity index is 1110. The number of amides is 3. The summed E-state index contributed by atoms with van der Waals surface area (Å²) in [5, 5.41) is 0.